The van der Waals surface area contributed by atoms with Crippen LogP contribution in [0.2, 0.25) is 5.02 Å². The molecule has 0 atom stereocenters. The summed E-state index contributed by atoms with van der Waals surface area (Å²) in [5.74, 6) is 0.0972. The Morgan fingerprint density at radius 1 is 1.50 bits per heavy atom. The Morgan fingerprint density at radius 2 is 2.25 bits per heavy atom. The third-order valence-electron chi connectivity index (χ3n) is 1.83. The van der Waals surface area contributed by atoms with E-state index in [-0.39, 0.29) is 5.75 Å². The summed E-state index contributed by atoms with van der Waals surface area (Å²) in [6.45, 7) is 3.28. The first kappa shape index (κ1) is 13.9. The molecule has 0 radical (unpaired) electrons. The van der Waals surface area contributed by atoms with Crippen molar-refractivity contribution in [3.63, 3.8) is 0 Å². The molecule has 0 saturated heterocycles. The SMILES string of the molecule is CCNS(=O)(=O)CCNCc1cc(Cl)cs1. The van der Waals surface area contributed by atoms with Crippen LogP contribution in [0.1, 0.15) is 11.8 Å². The number of thiophene rings is 1. The van der Waals surface area contributed by atoms with Crippen LogP contribution >= 0.6 is 22.9 Å². The molecule has 4 nitrogen and oxygen atoms in total. The summed E-state index contributed by atoms with van der Waals surface area (Å²) < 4.78 is 25.0. The summed E-state index contributed by atoms with van der Waals surface area (Å²) in [7, 11) is -3.12. The van der Waals surface area contributed by atoms with Gasteiger partial charge < -0.3 is 5.32 Å². The maximum absolute atomic E-state index is 11.3. The molecule has 0 amide bonds. The van der Waals surface area contributed by atoms with Crippen LogP contribution in [-0.2, 0) is 16.6 Å². The smallest absolute Gasteiger partial charge is 0.212 e. The van der Waals surface area contributed by atoms with E-state index in [4.69, 9.17) is 11.6 Å². The third kappa shape index (κ3) is 5.27. The molecule has 0 bridgehead atoms. The molecule has 0 aliphatic rings. The van der Waals surface area contributed by atoms with E-state index >= 15 is 0 Å². The monoisotopic (exact) mass is 282 g/mol. The molecule has 1 aromatic rings. The van der Waals surface area contributed by atoms with Gasteiger partial charge in [-0.15, -0.1) is 11.3 Å². The molecular weight excluding hydrogens is 268 g/mol. The van der Waals surface area contributed by atoms with Crippen LogP contribution in [0.3, 0.4) is 0 Å². The Labute approximate surface area is 105 Å². The summed E-state index contributed by atoms with van der Waals surface area (Å²) in [4.78, 5) is 1.10. The summed E-state index contributed by atoms with van der Waals surface area (Å²) in [6, 6.07) is 1.87. The van der Waals surface area contributed by atoms with Gasteiger partial charge in [0.1, 0.15) is 0 Å². The van der Waals surface area contributed by atoms with Crippen LogP contribution in [0, 0.1) is 0 Å². The minimum absolute atomic E-state index is 0.0972. The van der Waals surface area contributed by atoms with Crippen LogP contribution in [0.4, 0.5) is 0 Å². The molecule has 0 fully saturated rings. The molecule has 1 aromatic heterocycles. The number of rotatable bonds is 7. The Balaban J connectivity index is 2.22. The molecule has 92 valence electrons. The highest BCUT2D eigenvalue weighted by atomic mass is 35.5. The van der Waals surface area contributed by atoms with Crippen molar-refractivity contribution in [2.24, 2.45) is 0 Å². The van der Waals surface area contributed by atoms with Crippen molar-refractivity contribution in [2.75, 3.05) is 18.8 Å². The maximum atomic E-state index is 11.3. The second-order valence-electron chi connectivity index (χ2n) is 3.22. The molecule has 0 unspecified atom stereocenters. The summed E-state index contributed by atoms with van der Waals surface area (Å²) >= 11 is 7.32. The molecule has 16 heavy (non-hydrogen) atoms. The number of sulfonamides is 1. The van der Waals surface area contributed by atoms with E-state index in [1.807, 2.05) is 11.4 Å². The van der Waals surface area contributed by atoms with Gasteiger partial charge in [-0.3, -0.25) is 0 Å². The standard InChI is InChI=1S/C9H15ClN2O2S2/c1-2-12-16(13,14)4-3-11-6-9-5-8(10)7-15-9/h5,7,11-12H,2-4,6H2,1H3. The van der Waals surface area contributed by atoms with Gasteiger partial charge in [0.25, 0.3) is 0 Å². The van der Waals surface area contributed by atoms with Crippen molar-refractivity contribution in [1.82, 2.24) is 10.0 Å². The number of hydrogen-bond acceptors (Lipinski definition) is 4. The second-order valence-corrected chi connectivity index (χ2v) is 6.58. The summed E-state index contributed by atoms with van der Waals surface area (Å²) in [5, 5.41) is 5.64. The Bertz CT molecular complexity index is 417. The van der Waals surface area contributed by atoms with Crippen molar-refractivity contribution < 1.29 is 8.42 Å². The predicted molar refractivity (Wildman–Crippen MR) is 68.5 cm³/mol. The van der Waals surface area contributed by atoms with E-state index in [1.165, 1.54) is 0 Å². The van der Waals surface area contributed by atoms with Gasteiger partial charge in [-0.05, 0) is 6.07 Å². The molecular formula is C9H15ClN2O2S2. The van der Waals surface area contributed by atoms with Gasteiger partial charge in [0.2, 0.25) is 10.0 Å². The number of hydrogen-bond donors (Lipinski definition) is 2. The van der Waals surface area contributed by atoms with Gasteiger partial charge in [-0.2, -0.15) is 0 Å². The Morgan fingerprint density at radius 3 is 2.81 bits per heavy atom. The molecule has 2 N–H and O–H groups in total. The molecule has 0 aliphatic heterocycles. The fourth-order valence-electron chi connectivity index (χ4n) is 1.16. The van der Waals surface area contributed by atoms with Crippen LogP contribution in [0.15, 0.2) is 11.4 Å². The van der Waals surface area contributed by atoms with Crippen LogP contribution < -0.4 is 10.0 Å². The van der Waals surface area contributed by atoms with E-state index in [0.29, 0.717) is 19.6 Å². The minimum atomic E-state index is -3.12. The maximum Gasteiger partial charge on any atom is 0.212 e. The van der Waals surface area contributed by atoms with Gasteiger partial charge >= 0.3 is 0 Å². The van der Waals surface area contributed by atoms with Crippen molar-refractivity contribution in [1.29, 1.82) is 0 Å². The topological polar surface area (TPSA) is 58.2 Å². The van der Waals surface area contributed by atoms with E-state index < -0.39 is 10.0 Å². The van der Waals surface area contributed by atoms with Crippen molar-refractivity contribution in [2.45, 2.75) is 13.5 Å². The normalized spacial score (nSPS) is 11.9. The lowest BCUT2D eigenvalue weighted by molar-refractivity contribution is 0.579. The predicted octanol–water partition coefficient (Wildman–Crippen LogP) is 1.43. The average Bonchev–Trinajstić information content (AvgIpc) is 2.59. The molecule has 1 rings (SSSR count). The fourth-order valence-corrected chi connectivity index (χ4v) is 3.20. The average molecular weight is 283 g/mol. The van der Waals surface area contributed by atoms with Gasteiger partial charge in [-0.25, -0.2) is 13.1 Å². The van der Waals surface area contributed by atoms with E-state index in [9.17, 15) is 8.42 Å². The first-order valence-electron chi connectivity index (χ1n) is 4.94. The third-order valence-corrected chi connectivity index (χ3v) is 4.59. The quantitative estimate of drug-likeness (QED) is 0.744. The number of nitrogens with one attached hydrogen (secondary N) is 2. The van der Waals surface area contributed by atoms with E-state index in [1.54, 1.807) is 18.3 Å². The minimum Gasteiger partial charge on any atom is -0.311 e. The Hall–Kier alpha value is -0.140. The van der Waals surface area contributed by atoms with Crippen molar-refractivity contribution >= 4 is 33.0 Å². The van der Waals surface area contributed by atoms with Gasteiger partial charge in [0.15, 0.2) is 0 Å². The van der Waals surface area contributed by atoms with Gasteiger partial charge in [-0.1, -0.05) is 18.5 Å². The van der Waals surface area contributed by atoms with E-state index in [2.05, 4.69) is 10.0 Å². The first-order chi connectivity index (χ1) is 7.53. The zero-order chi connectivity index (χ0) is 12.0. The summed E-state index contributed by atoms with van der Waals surface area (Å²) in [5.41, 5.74) is 0. The van der Waals surface area contributed by atoms with Crippen molar-refractivity contribution in [3.8, 4) is 0 Å². The van der Waals surface area contributed by atoms with Crippen LogP contribution in [-0.4, -0.2) is 27.3 Å². The van der Waals surface area contributed by atoms with Crippen LogP contribution in [0.25, 0.3) is 0 Å². The van der Waals surface area contributed by atoms with Gasteiger partial charge in [0, 0.05) is 29.9 Å². The second kappa shape index (κ2) is 6.56. The van der Waals surface area contributed by atoms with Crippen LogP contribution in [0.5, 0.6) is 0 Å². The summed E-state index contributed by atoms with van der Waals surface area (Å²) in [6.07, 6.45) is 0. The molecule has 0 aromatic carbocycles. The first-order valence-corrected chi connectivity index (χ1v) is 7.85. The molecule has 7 heteroatoms. The lowest BCUT2D eigenvalue weighted by Crippen LogP contribution is -2.31. The highest BCUT2D eigenvalue weighted by Crippen LogP contribution is 2.18. The molecule has 1 heterocycles. The molecule has 0 aliphatic carbocycles. The lowest BCUT2D eigenvalue weighted by Gasteiger charge is -2.05. The zero-order valence-electron chi connectivity index (χ0n) is 8.99. The van der Waals surface area contributed by atoms with Gasteiger partial charge in [0.05, 0.1) is 10.8 Å². The molecule has 0 spiro atoms. The fraction of sp³-hybridized carbons (Fsp3) is 0.556. The highest BCUT2D eigenvalue weighted by molar-refractivity contribution is 7.89. The lowest BCUT2D eigenvalue weighted by atomic mass is 10.4. The highest BCUT2D eigenvalue weighted by Gasteiger charge is 2.07. The largest absolute Gasteiger partial charge is 0.311 e. The Kier molecular flexibility index (Phi) is 5.71. The van der Waals surface area contributed by atoms with Crippen molar-refractivity contribution in [3.05, 3.63) is 21.3 Å². The zero-order valence-corrected chi connectivity index (χ0v) is 11.4. The number of halogens is 1. The van der Waals surface area contributed by atoms with E-state index in [0.717, 1.165) is 9.90 Å². The molecule has 0 saturated carbocycles.